The third-order valence-corrected chi connectivity index (χ3v) is 3.19. The highest BCUT2D eigenvalue weighted by molar-refractivity contribution is 7.99. The molecule has 5 nitrogen and oxygen atoms in total. The van der Waals surface area contributed by atoms with Gasteiger partial charge in [-0.3, -0.25) is 0 Å². The predicted octanol–water partition coefficient (Wildman–Crippen LogP) is 2.22. The van der Waals surface area contributed by atoms with Crippen LogP contribution in [0.1, 0.15) is 46.5 Å². The van der Waals surface area contributed by atoms with E-state index in [9.17, 15) is 0 Å². The number of nitrogens with two attached hydrogens (primary N) is 1. The van der Waals surface area contributed by atoms with Crippen LogP contribution in [0.25, 0.3) is 0 Å². The Morgan fingerprint density at radius 3 is 2.50 bits per heavy atom. The summed E-state index contributed by atoms with van der Waals surface area (Å²) >= 11 is 1.66. The molecule has 1 aromatic rings. The van der Waals surface area contributed by atoms with E-state index in [1.165, 1.54) is 0 Å². The maximum absolute atomic E-state index is 5.68. The Morgan fingerprint density at radius 2 is 2.00 bits per heavy atom. The Morgan fingerprint density at radius 1 is 1.33 bits per heavy atom. The summed E-state index contributed by atoms with van der Waals surface area (Å²) in [4.78, 5) is 0. The summed E-state index contributed by atoms with van der Waals surface area (Å²) in [6, 6.07) is 0.324. The van der Waals surface area contributed by atoms with Gasteiger partial charge in [0, 0.05) is 11.8 Å². The maximum atomic E-state index is 5.68. The summed E-state index contributed by atoms with van der Waals surface area (Å²) in [6.07, 6.45) is 0. The third-order valence-electron chi connectivity index (χ3n) is 2.28. The molecule has 6 heteroatoms. The summed E-state index contributed by atoms with van der Waals surface area (Å²) in [5.74, 6) is 1.71. The summed E-state index contributed by atoms with van der Waals surface area (Å²) in [6.45, 7) is 11.5. The number of hydrogen-bond donors (Lipinski definition) is 1. The quantitative estimate of drug-likeness (QED) is 0.635. The van der Waals surface area contributed by atoms with Crippen LogP contribution in [0.3, 0.4) is 0 Å². The molecule has 0 bridgehead atoms. The molecule has 0 aliphatic carbocycles. The van der Waals surface area contributed by atoms with Crippen LogP contribution in [0.5, 0.6) is 0 Å². The summed E-state index contributed by atoms with van der Waals surface area (Å²) < 4.78 is 7.77. The van der Waals surface area contributed by atoms with Crippen molar-refractivity contribution in [2.45, 2.75) is 58.0 Å². The Labute approximate surface area is 113 Å². The first-order valence-electron chi connectivity index (χ1n) is 6.25. The van der Waals surface area contributed by atoms with Gasteiger partial charge in [-0.1, -0.05) is 11.8 Å². The monoisotopic (exact) mass is 272 g/mol. The second-order valence-corrected chi connectivity index (χ2v) is 6.44. The third kappa shape index (κ3) is 4.59. The largest absolute Gasteiger partial charge is 0.375 e. The van der Waals surface area contributed by atoms with Crippen molar-refractivity contribution in [3.63, 3.8) is 0 Å². The van der Waals surface area contributed by atoms with Gasteiger partial charge in [-0.2, -0.15) is 0 Å². The molecule has 0 unspecified atom stereocenters. The van der Waals surface area contributed by atoms with Gasteiger partial charge in [0.1, 0.15) is 5.82 Å². The predicted molar refractivity (Wildman–Crippen MR) is 74.7 cm³/mol. The molecule has 0 radical (unpaired) electrons. The highest BCUT2D eigenvalue weighted by atomic mass is 32.2. The maximum Gasteiger partial charge on any atom is 0.191 e. The van der Waals surface area contributed by atoms with Crippen molar-refractivity contribution in [1.29, 1.82) is 0 Å². The number of ether oxygens (including phenoxy) is 1. The molecule has 18 heavy (non-hydrogen) atoms. The second-order valence-electron chi connectivity index (χ2n) is 5.38. The SMILES string of the molecule is CC(C)n1c(CN)nnc1SCCOC(C)(C)C. The van der Waals surface area contributed by atoms with Gasteiger partial charge in [0.15, 0.2) is 5.16 Å². The number of hydrogen-bond acceptors (Lipinski definition) is 5. The van der Waals surface area contributed by atoms with Gasteiger partial charge >= 0.3 is 0 Å². The fraction of sp³-hybridized carbons (Fsp3) is 0.833. The van der Waals surface area contributed by atoms with Crippen LogP contribution in [0.4, 0.5) is 0 Å². The van der Waals surface area contributed by atoms with Gasteiger partial charge in [0.25, 0.3) is 0 Å². The van der Waals surface area contributed by atoms with Crippen molar-refractivity contribution < 1.29 is 4.74 Å². The normalized spacial score (nSPS) is 12.4. The lowest BCUT2D eigenvalue weighted by atomic mass is 10.2. The lowest BCUT2D eigenvalue weighted by molar-refractivity contribution is 0.00692. The minimum absolute atomic E-state index is 0.0886. The van der Waals surface area contributed by atoms with Crippen molar-refractivity contribution in [2.24, 2.45) is 5.73 Å². The van der Waals surface area contributed by atoms with Crippen molar-refractivity contribution in [2.75, 3.05) is 12.4 Å². The van der Waals surface area contributed by atoms with E-state index in [1.807, 2.05) is 0 Å². The fourth-order valence-electron chi connectivity index (χ4n) is 1.54. The molecule has 0 atom stereocenters. The number of rotatable bonds is 6. The van der Waals surface area contributed by atoms with E-state index in [1.54, 1.807) is 11.8 Å². The fourth-order valence-corrected chi connectivity index (χ4v) is 2.45. The first kappa shape index (κ1) is 15.5. The number of nitrogens with zero attached hydrogens (tertiary/aromatic N) is 3. The van der Waals surface area contributed by atoms with E-state index in [4.69, 9.17) is 10.5 Å². The highest BCUT2D eigenvalue weighted by Gasteiger charge is 2.14. The van der Waals surface area contributed by atoms with Crippen LogP contribution >= 0.6 is 11.8 Å². The van der Waals surface area contributed by atoms with Crippen LogP contribution in [0, 0.1) is 0 Å². The van der Waals surface area contributed by atoms with Crippen molar-refractivity contribution in [1.82, 2.24) is 14.8 Å². The average molecular weight is 272 g/mol. The molecular formula is C12H24N4OS. The van der Waals surface area contributed by atoms with E-state index in [0.717, 1.165) is 16.7 Å². The lowest BCUT2D eigenvalue weighted by Gasteiger charge is -2.19. The minimum atomic E-state index is -0.0886. The van der Waals surface area contributed by atoms with E-state index in [-0.39, 0.29) is 5.60 Å². The Bertz CT molecular complexity index is 371. The van der Waals surface area contributed by atoms with Crippen molar-refractivity contribution in [3.05, 3.63) is 5.82 Å². The molecule has 0 aromatic carbocycles. The zero-order valence-corrected chi connectivity index (χ0v) is 12.8. The summed E-state index contributed by atoms with van der Waals surface area (Å²) in [5, 5.41) is 9.21. The number of aromatic nitrogens is 3. The molecule has 0 aliphatic heterocycles. The van der Waals surface area contributed by atoms with Gasteiger partial charge < -0.3 is 15.0 Å². The summed E-state index contributed by atoms with van der Waals surface area (Å²) in [5.41, 5.74) is 5.57. The molecular weight excluding hydrogens is 248 g/mol. The second kappa shape index (κ2) is 6.54. The van der Waals surface area contributed by atoms with Crippen LogP contribution in [-0.2, 0) is 11.3 Å². The Hall–Kier alpha value is -0.590. The molecule has 1 aromatic heterocycles. The molecule has 0 fully saturated rings. The van der Waals surface area contributed by atoms with Gasteiger partial charge in [-0.05, 0) is 34.6 Å². The van der Waals surface area contributed by atoms with Gasteiger partial charge in [0.05, 0.1) is 18.8 Å². The molecule has 0 saturated heterocycles. The average Bonchev–Trinajstić information content (AvgIpc) is 2.66. The van der Waals surface area contributed by atoms with Gasteiger partial charge in [0.2, 0.25) is 0 Å². The first-order valence-corrected chi connectivity index (χ1v) is 7.24. The topological polar surface area (TPSA) is 66.0 Å². The van der Waals surface area contributed by atoms with E-state index < -0.39 is 0 Å². The molecule has 2 N–H and O–H groups in total. The molecule has 0 saturated carbocycles. The molecule has 1 heterocycles. The van der Waals surface area contributed by atoms with E-state index >= 15 is 0 Å². The molecule has 0 aliphatic rings. The zero-order chi connectivity index (χ0) is 13.8. The van der Waals surface area contributed by atoms with Gasteiger partial charge in [-0.25, -0.2) is 0 Å². The minimum Gasteiger partial charge on any atom is -0.375 e. The van der Waals surface area contributed by atoms with E-state index in [2.05, 4.69) is 49.4 Å². The smallest absolute Gasteiger partial charge is 0.191 e. The molecule has 0 spiro atoms. The first-order chi connectivity index (χ1) is 8.35. The highest BCUT2D eigenvalue weighted by Crippen LogP contribution is 2.21. The van der Waals surface area contributed by atoms with Crippen molar-refractivity contribution in [3.8, 4) is 0 Å². The zero-order valence-electron chi connectivity index (χ0n) is 11.9. The molecule has 1 rings (SSSR count). The lowest BCUT2D eigenvalue weighted by Crippen LogP contribution is -2.20. The molecule has 0 amide bonds. The van der Waals surface area contributed by atoms with Crippen LogP contribution in [0.15, 0.2) is 5.16 Å². The van der Waals surface area contributed by atoms with Gasteiger partial charge in [-0.15, -0.1) is 10.2 Å². The van der Waals surface area contributed by atoms with Crippen LogP contribution < -0.4 is 5.73 Å². The van der Waals surface area contributed by atoms with Crippen LogP contribution in [0.2, 0.25) is 0 Å². The van der Waals surface area contributed by atoms with E-state index in [0.29, 0.717) is 19.2 Å². The molecule has 104 valence electrons. The number of thioether (sulfide) groups is 1. The van der Waals surface area contributed by atoms with Crippen molar-refractivity contribution >= 4 is 11.8 Å². The van der Waals surface area contributed by atoms with Crippen LogP contribution in [-0.4, -0.2) is 32.7 Å². The Kier molecular flexibility index (Phi) is 5.62. The summed E-state index contributed by atoms with van der Waals surface area (Å²) in [7, 11) is 0. The standard InChI is InChI=1S/C12H24N4OS/c1-9(2)16-10(8-13)14-15-11(16)18-7-6-17-12(3,4)5/h9H,6-8,13H2,1-5H3. The Balaban J connectivity index is 2.55.